The molecule has 0 aromatic heterocycles. The van der Waals surface area contributed by atoms with Gasteiger partial charge in [-0.1, -0.05) is 12.1 Å². The number of hydrogen-bond donors (Lipinski definition) is 1. The van der Waals surface area contributed by atoms with E-state index >= 15 is 0 Å². The number of carbonyl (C=O) groups excluding carboxylic acids is 1. The lowest BCUT2D eigenvalue weighted by molar-refractivity contribution is -0.114. The lowest BCUT2D eigenvalue weighted by Gasteiger charge is -2.10. The summed E-state index contributed by atoms with van der Waals surface area (Å²) in [6.07, 6.45) is 2.00. The van der Waals surface area contributed by atoms with Crippen molar-refractivity contribution in [2.75, 3.05) is 11.6 Å². The van der Waals surface area contributed by atoms with Gasteiger partial charge in [0.1, 0.15) is 0 Å². The van der Waals surface area contributed by atoms with Crippen molar-refractivity contribution in [2.24, 2.45) is 0 Å². The molecule has 1 aromatic rings. The number of aryl methyl sites for hydroxylation is 1. The summed E-state index contributed by atoms with van der Waals surface area (Å²) in [5.41, 5.74) is 2.03. The van der Waals surface area contributed by atoms with Gasteiger partial charge in [0.25, 0.3) is 0 Å². The van der Waals surface area contributed by atoms with E-state index in [0.29, 0.717) is 0 Å². The maximum Gasteiger partial charge on any atom is 0.221 e. The maximum absolute atomic E-state index is 10.9. The SMILES string of the molecule is CSc1cccc(C)c1NC(C)=O. The molecule has 2 nitrogen and oxygen atoms in total. The fraction of sp³-hybridized carbons (Fsp3) is 0.300. The first-order chi connectivity index (χ1) is 6.15. The number of rotatable bonds is 2. The van der Waals surface area contributed by atoms with Crippen LogP contribution in [-0.4, -0.2) is 12.2 Å². The highest BCUT2D eigenvalue weighted by atomic mass is 32.2. The molecule has 13 heavy (non-hydrogen) atoms. The van der Waals surface area contributed by atoms with Crippen molar-refractivity contribution in [1.82, 2.24) is 0 Å². The summed E-state index contributed by atoms with van der Waals surface area (Å²) in [6.45, 7) is 3.52. The lowest BCUT2D eigenvalue weighted by atomic mass is 10.2. The molecule has 0 heterocycles. The van der Waals surface area contributed by atoms with E-state index in [4.69, 9.17) is 0 Å². The zero-order valence-corrected chi connectivity index (χ0v) is 8.87. The molecule has 0 bridgehead atoms. The molecule has 0 saturated carbocycles. The normalized spacial score (nSPS) is 9.77. The molecular weight excluding hydrogens is 182 g/mol. The molecule has 70 valence electrons. The second-order valence-corrected chi connectivity index (χ2v) is 3.68. The summed E-state index contributed by atoms with van der Waals surface area (Å²) in [6, 6.07) is 5.99. The Bertz CT molecular complexity index is 323. The van der Waals surface area contributed by atoms with Crippen molar-refractivity contribution in [3.8, 4) is 0 Å². The molecule has 1 N–H and O–H groups in total. The highest BCUT2D eigenvalue weighted by Gasteiger charge is 2.04. The molecule has 0 aliphatic heterocycles. The molecule has 0 aliphatic rings. The highest BCUT2D eigenvalue weighted by Crippen LogP contribution is 2.28. The third-order valence-electron chi connectivity index (χ3n) is 1.76. The summed E-state index contributed by atoms with van der Waals surface area (Å²) in [4.78, 5) is 12.0. The average molecular weight is 195 g/mol. The minimum Gasteiger partial charge on any atom is -0.325 e. The fourth-order valence-corrected chi connectivity index (χ4v) is 1.78. The molecule has 1 aromatic carbocycles. The molecule has 0 aliphatic carbocycles. The molecule has 0 saturated heterocycles. The van der Waals surface area contributed by atoms with Gasteiger partial charge in [0.15, 0.2) is 0 Å². The summed E-state index contributed by atoms with van der Waals surface area (Å²) in [5.74, 6) is -0.0235. The van der Waals surface area contributed by atoms with Crippen molar-refractivity contribution in [3.05, 3.63) is 23.8 Å². The molecule has 0 atom stereocenters. The largest absolute Gasteiger partial charge is 0.325 e. The number of thioether (sulfide) groups is 1. The number of amides is 1. The monoisotopic (exact) mass is 195 g/mol. The predicted octanol–water partition coefficient (Wildman–Crippen LogP) is 2.68. The molecule has 0 fully saturated rings. The van der Waals surface area contributed by atoms with E-state index in [1.54, 1.807) is 11.8 Å². The van der Waals surface area contributed by atoms with Gasteiger partial charge in [-0.05, 0) is 24.8 Å². The van der Waals surface area contributed by atoms with Crippen molar-refractivity contribution in [1.29, 1.82) is 0 Å². The number of benzene rings is 1. The fourth-order valence-electron chi connectivity index (χ4n) is 1.15. The van der Waals surface area contributed by atoms with Crippen LogP contribution in [0.1, 0.15) is 12.5 Å². The first-order valence-electron chi connectivity index (χ1n) is 4.06. The Morgan fingerprint density at radius 3 is 2.69 bits per heavy atom. The summed E-state index contributed by atoms with van der Waals surface area (Å²) >= 11 is 1.64. The van der Waals surface area contributed by atoms with Crippen LogP contribution in [0.3, 0.4) is 0 Å². The maximum atomic E-state index is 10.9. The van der Waals surface area contributed by atoms with Crippen LogP contribution in [0.4, 0.5) is 5.69 Å². The van der Waals surface area contributed by atoms with E-state index < -0.39 is 0 Å². The molecule has 0 spiro atoms. The van der Waals surface area contributed by atoms with E-state index in [-0.39, 0.29) is 5.91 Å². The van der Waals surface area contributed by atoms with E-state index in [2.05, 4.69) is 5.32 Å². The quantitative estimate of drug-likeness (QED) is 0.735. The van der Waals surface area contributed by atoms with E-state index in [0.717, 1.165) is 16.1 Å². The summed E-state index contributed by atoms with van der Waals surface area (Å²) in [7, 11) is 0. The average Bonchev–Trinajstić information content (AvgIpc) is 2.08. The van der Waals surface area contributed by atoms with Crippen LogP contribution in [0.25, 0.3) is 0 Å². The molecule has 1 rings (SSSR count). The highest BCUT2D eigenvalue weighted by molar-refractivity contribution is 7.98. The number of hydrogen-bond acceptors (Lipinski definition) is 2. The standard InChI is InChI=1S/C10H13NOS/c1-7-5-4-6-9(13-3)10(7)11-8(2)12/h4-6H,1-3H3,(H,11,12). The van der Waals surface area contributed by atoms with Crippen molar-refractivity contribution in [3.63, 3.8) is 0 Å². The second kappa shape index (κ2) is 4.33. The predicted molar refractivity (Wildman–Crippen MR) is 57.3 cm³/mol. The van der Waals surface area contributed by atoms with E-state index in [1.165, 1.54) is 6.92 Å². The smallest absolute Gasteiger partial charge is 0.221 e. The van der Waals surface area contributed by atoms with Gasteiger partial charge in [0.2, 0.25) is 5.91 Å². The van der Waals surface area contributed by atoms with Crippen LogP contribution in [-0.2, 0) is 4.79 Å². The van der Waals surface area contributed by atoms with Crippen LogP contribution < -0.4 is 5.32 Å². The third kappa shape index (κ3) is 2.49. The minimum absolute atomic E-state index is 0.0235. The first-order valence-corrected chi connectivity index (χ1v) is 5.29. The molecule has 3 heteroatoms. The van der Waals surface area contributed by atoms with Gasteiger partial charge in [0, 0.05) is 11.8 Å². The van der Waals surface area contributed by atoms with E-state index in [1.807, 2.05) is 31.4 Å². The Labute approximate surface area is 82.7 Å². The summed E-state index contributed by atoms with van der Waals surface area (Å²) < 4.78 is 0. The van der Waals surface area contributed by atoms with Gasteiger partial charge < -0.3 is 5.32 Å². The summed E-state index contributed by atoms with van der Waals surface area (Å²) in [5, 5.41) is 2.83. The Morgan fingerprint density at radius 2 is 2.15 bits per heavy atom. The Balaban J connectivity index is 3.07. The number of nitrogens with one attached hydrogen (secondary N) is 1. The van der Waals surface area contributed by atoms with Gasteiger partial charge in [-0.2, -0.15) is 0 Å². The van der Waals surface area contributed by atoms with Crippen LogP contribution in [0.2, 0.25) is 0 Å². The van der Waals surface area contributed by atoms with Gasteiger partial charge in [-0.25, -0.2) is 0 Å². The van der Waals surface area contributed by atoms with Gasteiger partial charge in [-0.3, -0.25) is 4.79 Å². The van der Waals surface area contributed by atoms with Gasteiger partial charge in [0.05, 0.1) is 5.69 Å². The first kappa shape index (κ1) is 10.1. The molecular formula is C10H13NOS. The van der Waals surface area contributed by atoms with Crippen molar-refractivity contribution in [2.45, 2.75) is 18.7 Å². The molecule has 0 unspecified atom stereocenters. The van der Waals surface area contributed by atoms with Crippen LogP contribution in [0.15, 0.2) is 23.1 Å². The van der Waals surface area contributed by atoms with Crippen LogP contribution in [0, 0.1) is 6.92 Å². The lowest BCUT2D eigenvalue weighted by Crippen LogP contribution is -2.08. The topological polar surface area (TPSA) is 29.1 Å². The van der Waals surface area contributed by atoms with Crippen LogP contribution >= 0.6 is 11.8 Å². The van der Waals surface area contributed by atoms with Crippen molar-refractivity contribution < 1.29 is 4.79 Å². The van der Waals surface area contributed by atoms with E-state index in [9.17, 15) is 4.79 Å². The Hall–Kier alpha value is -0.960. The number of anilines is 1. The van der Waals surface area contributed by atoms with Crippen molar-refractivity contribution >= 4 is 23.4 Å². The zero-order valence-electron chi connectivity index (χ0n) is 8.05. The van der Waals surface area contributed by atoms with Gasteiger partial charge >= 0.3 is 0 Å². The molecule has 0 radical (unpaired) electrons. The number of carbonyl (C=O) groups is 1. The minimum atomic E-state index is -0.0235. The second-order valence-electron chi connectivity index (χ2n) is 2.83. The van der Waals surface area contributed by atoms with Gasteiger partial charge in [-0.15, -0.1) is 11.8 Å². The third-order valence-corrected chi connectivity index (χ3v) is 2.54. The number of para-hydroxylation sites is 1. The molecule has 1 amide bonds. The Kier molecular flexibility index (Phi) is 3.37. The zero-order chi connectivity index (χ0) is 9.84. The van der Waals surface area contributed by atoms with Crippen LogP contribution in [0.5, 0.6) is 0 Å². The Morgan fingerprint density at radius 1 is 1.46 bits per heavy atom.